The van der Waals surface area contributed by atoms with Crippen LogP contribution < -0.4 is 20.1 Å². The third-order valence-electron chi connectivity index (χ3n) is 4.11. The Morgan fingerprint density at radius 1 is 0.867 bits per heavy atom. The maximum atomic E-state index is 12.6. The van der Waals surface area contributed by atoms with Crippen molar-refractivity contribution in [1.82, 2.24) is 10.6 Å². The second-order valence-electron chi connectivity index (χ2n) is 6.23. The number of carbonyl (C=O) groups is 1. The summed E-state index contributed by atoms with van der Waals surface area (Å²) in [6.45, 7) is 1.07. The quantitative estimate of drug-likeness (QED) is 0.396. The molecule has 0 saturated carbocycles. The number of rotatable bonds is 8. The lowest BCUT2D eigenvalue weighted by molar-refractivity contribution is 0.0971. The van der Waals surface area contributed by atoms with Gasteiger partial charge in [-0.05, 0) is 48.1 Å². The monoisotopic (exact) mass is 440 g/mol. The largest absolute Gasteiger partial charge is 0.490 e. The zero-order chi connectivity index (χ0) is 21.2. The van der Waals surface area contributed by atoms with E-state index >= 15 is 0 Å². The Morgan fingerprint density at radius 3 is 2.33 bits per heavy atom. The van der Waals surface area contributed by atoms with Gasteiger partial charge in [-0.3, -0.25) is 10.1 Å². The summed E-state index contributed by atoms with van der Waals surface area (Å²) < 4.78 is 11.3. The molecule has 0 heterocycles. The zero-order valence-electron chi connectivity index (χ0n) is 16.1. The number of benzene rings is 3. The van der Waals surface area contributed by atoms with Crippen LogP contribution in [0.25, 0.3) is 0 Å². The van der Waals surface area contributed by atoms with E-state index < -0.39 is 0 Å². The highest BCUT2D eigenvalue weighted by molar-refractivity contribution is 7.80. The van der Waals surface area contributed by atoms with Gasteiger partial charge in [-0.15, -0.1) is 0 Å². The predicted octanol–water partition coefficient (Wildman–Crippen LogP) is 4.60. The van der Waals surface area contributed by atoms with Crippen molar-refractivity contribution in [1.29, 1.82) is 0 Å². The van der Waals surface area contributed by atoms with Crippen LogP contribution in [-0.2, 0) is 6.54 Å². The van der Waals surface area contributed by atoms with Crippen LogP contribution in [0.1, 0.15) is 15.9 Å². The van der Waals surface area contributed by atoms with Gasteiger partial charge in [0.1, 0.15) is 24.7 Å². The van der Waals surface area contributed by atoms with E-state index in [4.69, 9.17) is 33.3 Å². The van der Waals surface area contributed by atoms with Crippen LogP contribution >= 0.6 is 23.8 Å². The third kappa shape index (κ3) is 6.47. The smallest absolute Gasteiger partial charge is 0.261 e. The van der Waals surface area contributed by atoms with E-state index in [-0.39, 0.29) is 11.0 Å². The predicted molar refractivity (Wildman–Crippen MR) is 122 cm³/mol. The van der Waals surface area contributed by atoms with E-state index in [1.807, 2.05) is 48.5 Å². The molecule has 0 bridgehead atoms. The van der Waals surface area contributed by atoms with Gasteiger partial charge in [0.15, 0.2) is 5.11 Å². The molecule has 0 fully saturated rings. The van der Waals surface area contributed by atoms with Crippen LogP contribution in [0, 0.1) is 0 Å². The highest BCUT2D eigenvalue weighted by Gasteiger charge is 2.13. The molecule has 0 spiro atoms. The van der Waals surface area contributed by atoms with Crippen molar-refractivity contribution in [2.75, 3.05) is 13.2 Å². The van der Waals surface area contributed by atoms with E-state index in [9.17, 15) is 4.79 Å². The topological polar surface area (TPSA) is 59.6 Å². The van der Waals surface area contributed by atoms with E-state index in [2.05, 4.69) is 10.6 Å². The van der Waals surface area contributed by atoms with Gasteiger partial charge in [0.2, 0.25) is 0 Å². The first kappa shape index (κ1) is 21.6. The van der Waals surface area contributed by atoms with E-state index in [1.165, 1.54) is 0 Å². The minimum atomic E-state index is -0.355. The summed E-state index contributed by atoms with van der Waals surface area (Å²) >= 11 is 11.4. The number of carbonyl (C=O) groups excluding carboxylic acids is 1. The van der Waals surface area contributed by atoms with Crippen LogP contribution in [0.15, 0.2) is 78.9 Å². The summed E-state index contributed by atoms with van der Waals surface area (Å²) in [7, 11) is 0. The van der Waals surface area contributed by atoms with Crippen molar-refractivity contribution in [2.45, 2.75) is 6.54 Å². The molecule has 30 heavy (non-hydrogen) atoms. The number of hydrogen-bond donors (Lipinski definition) is 2. The molecule has 1 amide bonds. The summed E-state index contributed by atoms with van der Waals surface area (Å²) in [5.41, 5.74) is 1.28. The number of thiocarbonyl (C=S) groups is 1. The number of amides is 1. The molecule has 5 nitrogen and oxygen atoms in total. The first-order chi connectivity index (χ1) is 14.6. The Labute approximate surface area is 186 Å². The Morgan fingerprint density at radius 2 is 1.53 bits per heavy atom. The third-order valence-corrected chi connectivity index (χ3v) is 4.72. The minimum absolute atomic E-state index is 0.210. The number of hydrogen-bond acceptors (Lipinski definition) is 4. The lowest BCUT2D eigenvalue weighted by atomic mass is 10.2. The Hall–Kier alpha value is -3.09. The molecule has 0 aliphatic carbocycles. The van der Waals surface area contributed by atoms with Gasteiger partial charge in [-0.1, -0.05) is 60.1 Å². The van der Waals surface area contributed by atoms with Gasteiger partial charge in [0.05, 0.1) is 5.56 Å². The summed E-state index contributed by atoms with van der Waals surface area (Å²) in [6, 6.07) is 23.9. The maximum absolute atomic E-state index is 12.6. The molecular weight excluding hydrogens is 420 g/mol. The molecule has 0 radical (unpaired) electrons. The van der Waals surface area contributed by atoms with Crippen molar-refractivity contribution in [3.8, 4) is 11.5 Å². The van der Waals surface area contributed by atoms with Gasteiger partial charge >= 0.3 is 0 Å². The van der Waals surface area contributed by atoms with E-state index in [0.717, 1.165) is 11.3 Å². The second kappa shape index (κ2) is 11.2. The SMILES string of the molecule is O=C(NC(=S)NCc1ccccc1Cl)c1ccccc1OCCOc1ccccc1. The molecule has 154 valence electrons. The van der Waals surface area contributed by atoms with Gasteiger partial charge in [0, 0.05) is 11.6 Å². The summed E-state index contributed by atoms with van der Waals surface area (Å²) in [4.78, 5) is 12.6. The summed E-state index contributed by atoms with van der Waals surface area (Å²) in [5, 5.41) is 6.50. The molecule has 0 aliphatic heterocycles. The Balaban J connectivity index is 1.50. The summed E-state index contributed by atoms with van der Waals surface area (Å²) in [6.07, 6.45) is 0. The number of halogens is 1. The van der Waals surface area contributed by atoms with Crippen LogP contribution in [-0.4, -0.2) is 24.2 Å². The van der Waals surface area contributed by atoms with Crippen molar-refractivity contribution < 1.29 is 14.3 Å². The van der Waals surface area contributed by atoms with Gasteiger partial charge in [-0.25, -0.2) is 0 Å². The molecule has 3 rings (SSSR count). The Bertz CT molecular complexity index is 999. The van der Waals surface area contributed by atoms with Crippen molar-refractivity contribution >= 4 is 34.8 Å². The Kier molecular flexibility index (Phi) is 8.06. The maximum Gasteiger partial charge on any atom is 0.261 e. The normalized spacial score (nSPS) is 10.2. The van der Waals surface area contributed by atoms with Crippen molar-refractivity contribution in [3.05, 3.63) is 95.0 Å². The lowest BCUT2D eigenvalue weighted by Gasteiger charge is -2.14. The van der Waals surface area contributed by atoms with Gasteiger partial charge in [-0.2, -0.15) is 0 Å². The fourth-order valence-electron chi connectivity index (χ4n) is 2.64. The summed E-state index contributed by atoms with van der Waals surface area (Å²) in [5.74, 6) is 0.869. The van der Waals surface area contributed by atoms with E-state index in [1.54, 1.807) is 30.3 Å². The van der Waals surface area contributed by atoms with E-state index in [0.29, 0.717) is 36.1 Å². The molecule has 3 aromatic rings. The zero-order valence-corrected chi connectivity index (χ0v) is 17.7. The standard InChI is InChI=1S/C23H21ClN2O3S/c24-20-12-6-4-8-17(20)16-25-23(30)26-22(27)19-11-5-7-13-21(19)29-15-14-28-18-9-2-1-3-10-18/h1-13H,14-16H2,(H2,25,26,27,30). The molecule has 3 aromatic carbocycles. The fourth-order valence-corrected chi connectivity index (χ4v) is 3.01. The van der Waals surface area contributed by atoms with Gasteiger partial charge in [0.25, 0.3) is 5.91 Å². The van der Waals surface area contributed by atoms with Crippen LogP contribution in [0.5, 0.6) is 11.5 Å². The first-order valence-electron chi connectivity index (χ1n) is 9.36. The van der Waals surface area contributed by atoms with Crippen molar-refractivity contribution in [3.63, 3.8) is 0 Å². The molecule has 2 N–H and O–H groups in total. The molecular formula is C23H21ClN2O3S. The van der Waals surface area contributed by atoms with Crippen LogP contribution in [0.2, 0.25) is 5.02 Å². The average Bonchev–Trinajstić information content (AvgIpc) is 2.77. The van der Waals surface area contributed by atoms with Gasteiger partial charge < -0.3 is 14.8 Å². The first-order valence-corrected chi connectivity index (χ1v) is 10.1. The number of nitrogens with one attached hydrogen (secondary N) is 2. The number of para-hydroxylation sites is 2. The molecule has 0 aromatic heterocycles. The highest BCUT2D eigenvalue weighted by atomic mass is 35.5. The molecule has 0 atom stereocenters. The number of ether oxygens (including phenoxy) is 2. The van der Waals surface area contributed by atoms with Crippen LogP contribution in [0.3, 0.4) is 0 Å². The van der Waals surface area contributed by atoms with Crippen LogP contribution in [0.4, 0.5) is 0 Å². The van der Waals surface area contributed by atoms with Crippen molar-refractivity contribution in [2.24, 2.45) is 0 Å². The minimum Gasteiger partial charge on any atom is -0.490 e. The molecule has 7 heteroatoms. The fraction of sp³-hybridized carbons (Fsp3) is 0.130. The highest BCUT2D eigenvalue weighted by Crippen LogP contribution is 2.18. The average molecular weight is 441 g/mol. The second-order valence-corrected chi connectivity index (χ2v) is 7.05. The molecule has 0 aliphatic rings. The molecule has 0 saturated heterocycles. The lowest BCUT2D eigenvalue weighted by Crippen LogP contribution is -2.39. The molecule has 0 unspecified atom stereocenters.